The third kappa shape index (κ3) is 3.79. The van der Waals surface area contributed by atoms with Crippen molar-refractivity contribution in [2.45, 2.75) is 45.8 Å². The van der Waals surface area contributed by atoms with Gasteiger partial charge in [-0.2, -0.15) is 0 Å². The lowest BCUT2D eigenvalue weighted by Gasteiger charge is -2.43. The Morgan fingerprint density at radius 1 is 1.15 bits per heavy atom. The van der Waals surface area contributed by atoms with Crippen LogP contribution in [0.15, 0.2) is 30.5 Å². The largest absolute Gasteiger partial charge is 0.390 e. The first kappa shape index (κ1) is 22.5. The van der Waals surface area contributed by atoms with Crippen LogP contribution in [0.4, 0.5) is 5.82 Å². The summed E-state index contributed by atoms with van der Waals surface area (Å²) in [6.45, 7) is 5.45. The highest BCUT2D eigenvalue weighted by atomic mass is 35.5. The number of halogens is 2. The van der Waals surface area contributed by atoms with Gasteiger partial charge in [0.25, 0.3) is 0 Å². The van der Waals surface area contributed by atoms with Crippen molar-refractivity contribution in [3.05, 3.63) is 68.7 Å². The van der Waals surface area contributed by atoms with Crippen LogP contribution in [0.3, 0.4) is 0 Å². The number of aryl methyl sites for hydroxylation is 2. The lowest BCUT2D eigenvalue weighted by Crippen LogP contribution is -2.45. The van der Waals surface area contributed by atoms with Crippen molar-refractivity contribution in [1.29, 1.82) is 0 Å². The molecule has 1 saturated heterocycles. The molecule has 0 bridgehead atoms. The van der Waals surface area contributed by atoms with Crippen LogP contribution in [0.2, 0.25) is 10.2 Å². The van der Waals surface area contributed by atoms with Crippen molar-refractivity contribution >= 4 is 29.0 Å². The van der Waals surface area contributed by atoms with Gasteiger partial charge in [-0.3, -0.25) is 0 Å². The van der Waals surface area contributed by atoms with Gasteiger partial charge in [-0.25, -0.2) is 15.0 Å². The molecule has 5 rings (SSSR count). The summed E-state index contributed by atoms with van der Waals surface area (Å²) < 4.78 is 0. The number of nitrogens with zero attached hydrogens (tertiary/aromatic N) is 4. The van der Waals surface area contributed by atoms with Crippen LogP contribution in [0.25, 0.3) is 11.3 Å². The van der Waals surface area contributed by atoms with E-state index in [0.717, 1.165) is 43.9 Å². The first-order valence-electron chi connectivity index (χ1n) is 11.2. The van der Waals surface area contributed by atoms with E-state index in [-0.39, 0.29) is 23.2 Å². The molecule has 3 aromatic rings. The molecule has 8 heteroatoms. The molecule has 0 amide bonds. The molecule has 3 N–H and O–H groups in total. The lowest BCUT2D eigenvalue weighted by atomic mass is 9.73. The maximum Gasteiger partial charge on any atom is 0.153 e. The summed E-state index contributed by atoms with van der Waals surface area (Å²) in [5, 5.41) is 10.7. The number of anilines is 1. The minimum Gasteiger partial charge on any atom is -0.390 e. The van der Waals surface area contributed by atoms with Gasteiger partial charge in [0, 0.05) is 30.9 Å². The fourth-order valence-corrected chi connectivity index (χ4v) is 5.75. The lowest BCUT2D eigenvalue weighted by molar-refractivity contribution is 0.186. The fourth-order valence-electron chi connectivity index (χ4n) is 5.39. The number of nitrogens with two attached hydrogens (primary N) is 1. The highest BCUT2D eigenvalue weighted by Gasteiger charge is 2.46. The zero-order valence-electron chi connectivity index (χ0n) is 18.8. The average molecular weight is 484 g/mol. The maximum absolute atomic E-state index is 10.1. The normalized spacial score (nSPS) is 19.2. The maximum atomic E-state index is 10.1. The molecule has 1 aromatic carbocycles. The summed E-state index contributed by atoms with van der Waals surface area (Å²) in [7, 11) is 0. The summed E-state index contributed by atoms with van der Waals surface area (Å²) in [6, 6.07) is 8.47. The molecule has 172 valence electrons. The number of rotatable bonds is 3. The quantitative estimate of drug-likeness (QED) is 0.520. The van der Waals surface area contributed by atoms with E-state index in [4.69, 9.17) is 38.9 Å². The molecule has 0 saturated carbocycles. The number of aliphatic hydroxyl groups is 1. The molecule has 1 aliphatic carbocycles. The third-order valence-electron chi connectivity index (χ3n) is 7.27. The highest BCUT2D eigenvalue weighted by molar-refractivity contribution is 6.42. The van der Waals surface area contributed by atoms with E-state index in [1.807, 2.05) is 6.92 Å². The summed E-state index contributed by atoms with van der Waals surface area (Å²) >= 11 is 12.5. The first-order chi connectivity index (χ1) is 15.8. The number of pyridine rings is 1. The van der Waals surface area contributed by atoms with Gasteiger partial charge in [0.05, 0.1) is 23.0 Å². The molecule has 0 radical (unpaired) electrons. The zero-order chi connectivity index (χ0) is 23.3. The molecule has 6 nitrogen and oxygen atoms in total. The van der Waals surface area contributed by atoms with Crippen LogP contribution in [0, 0.1) is 19.3 Å². The van der Waals surface area contributed by atoms with E-state index in [1.54, 1.807) is 12.3 Å². The van der Waals surface area contributed by atoms with Gasteiger partial charge in [0.1, 0.15) is 10.8 Å². The van der Waals surface area contributed by atoms with Crippen molar-refractivity contribution in [3.63, 3.8) is 0 Å². The molecular weight excluding hydrogens is 457 g/mol. The van der Waals surface area contributed by atoms with E-state index in [0.29, 0.717) is 22.0 Å². The van der Waals surface area contributed by atoms with E-state index < -0.39 is 0 Å². The van der Waals surface area contributed by atoms with Crippen LogP contribution in [-0.4, -0.2) is 33.1 Å². The molecule has 2 aromatic heterocycles. The Labute approximate surface area is 203 Å². The van der Waals surface area contributed by atoms with Gasteiger partial charge in [0.2, 0.25) is 0 Å². The molecule has 0 unspecified atom stereocenters. The van der Waals surface area contributed by atoms with Gasteiger partial charge in [-0.05, 0) is 55.7 Å². The number of aliphatic hydroxyl groups excluding tert-OH is 1. The minimum absolute atomic E-state index is 0.0561. The Kier molecular flexibility index (Phi) is 5.81. The van der Waals surface area contributed by atoms with Crippen LogP contribution in [-0.2, 0) is 13.0 Å². The van der Waals surface area contributed by atoms with Crippen molar-refractivity contribution in [2.75, 3.05) is 18.0 Å². The first-order valence-corrected chi connectivity index (χ1v) is 12.0. The second-order valence-electron chi connectivity index (χ2n) is 9.26. The van der Waals surface area contributed by atoms with Gasteiger partial charge >= 0.3 is 0 Å². The summed E-state index contributed by atoms with van der Waals surface area (Å²) in [6.07, 6.45) is 4.56. The standard InChI is InChI=1S/C25H27Cl2N5O/c1-14-3-4-16-12-25(22(28)18(16)11-14)6-9-32(10-7-25)24-19(13-33)31-21(15(2)30-24)17-5-8-29-23(27)20(17)26/h3-5,8,11,22,33H,6-7,9-10,12-13,28H2,1-2H3/t22-/m1/s1. The summed E-state index contributed by atoms with van der Waals surface area (Å²) in [5.41, 5.74) is 13.3. The Balaban J connectivity index is 1.41. The van der Waals surface area contributed by atoms with Gasteiger partial charge in [0.15, 0.2) is 5.82 Å². The van der Waals surface area contributed by atoms with E-state index in [1.165, 1.54) is 16.7 Å². The van der Waals surface area contributed by atoms with Crippen LogP contribution in [0.1, 0.15) is 47.0 Å². The van der Waals surface area contributed by atoms with Crippen LogP contribution >= 0.6 is 23.2 Å². The summed E-state index contributed by atoms with van der Waals surface area (Å²) in [4.78, 5) is 15.8. The fraction of sp³-hybridized carbons (Fsp3) is 0.400. The monoisotopic (exact) mass is 483 g/mol. The molecular formula is C25H27Cl2N5O. The molecule has 2 aliphatic rings. The number of fused-ring (bicyclic) bond motifs is 1. The van der Waals surface area contributed by atoms with Crippen molar-refractivity contribution in [1.82, 2.24) is 15.0 Å². The Bertz CT molecular complexity index is 1220. The predicted molar refractivity (Wildman–Crippen MR) is 132 cm³/mol. The second-order valence-corrected chi connectivity index (χ2v) is 9.99. The molecule has 1 aliphatic heterocycles. The van der Waals surface area contributed by atoms with E-state index in [9.17, 15) is 5.11 Å². The van der Waals surface area contributed by atoms with Crippen LogP contribution < -0.4 is 10.6 Å². The molecule has 1 spiro atoms. The highest BCUT2D eigenvalue weighted by Crippen LogP contribution is 2.51. The topological polar surface area (TPSA) is 88.2 Å². The number of hydrogen-bond donors (Lipinski definition) is 2. The van der Waals surface area contributed by atoms with Crippen molar-refractivity contribution in [3.8, 4) is 11.3 Å². The smallest absolute Gasteiger partial charge is 0.153 e. The van der Waals surface area contributed by atoms with Gasteiger partial charge in [-0.1, -0.05) is 47.0 Å². The Morgan fingerprint density at radius 2 is 1.91 bits per heavy atom. The zero-order valence-corrected chi connectivity index (χ0v) is 20.3. The third-order valence-corrected chi connectivity index (χ3v) is 8.04. The van der Waals surface area contributed by atoms with Crippen molar-refractivity contribution in [2.24, 2.45) is 11.1 Å². The predicted octanol–water partition coefficient (Wildman–Crippen LogP) is 4.80. The SMILES string of the molecule is Cc1ccc2c(c1)[C@@H](N)C1(CCN(c3nc(C)c(-c4ccnc(Cl)c4Cl)nc3CO)CC1)C2. The number of aromatic nitrogens is 3. The van der Waals surface area contributed by atoms with E-state index >= 15 is 0 Å². The summed E-state index contributed by atoms with van der Waals surface area (Å²) in [5.74, 6) is 0.727. The Hall–Kier alpha value is -2.25. The van der Waals surface area contributed by atoms with Crippen LogP contribution in [0.5, 0.6) is 0 Å². The number of benzene rings is 1. The van der Waals surface area contributed by atoms with Gasteiger partial charge in [-0.15, -0.1) is 0 Å². The van der Waals surface area contributed by atoms with E-state index in [2.05, 4.69) is 35.0 Å². The molecule has 1 atom stereocenters. The molecule has 1 fully saturated rings. The number of hydrogen-bond acceptors (Lipinski definition) is 6. The van der Waals surface area contributed by atoms with Crippen molar-refractivity contribution < 1.29 is 5.11 Å². The molecule has 33 heavy (non-hydrogen) atoms. The molecule has 3 heterocycles. The second kappa shape index (κ2) is 8.51. The Morgan fingerprint density at radius 3 is 2.64 bits per heavy atom. The minimum atomic E-state index is -0.210. The number of piperidine rings is 1. The average Bonchev–Trinajstić information content (AvgIpc) is 3.07. The van der Waals surface area contributed by atoms with Gasteiger partial charge < -0.3 is 15.7 Å².